The van der Waals surface area contributed by atoms with Crippen LogP contribution in [0, 0.1) is 11.3 Å². The fraction of sp³-hybridized carbons (Fsp3) is 0.0769. The first-order valence-electron chi connectivity index (χ1n) is 5.48. The normalized spacial score (nSPS) is 10.0. The Hall–Kier alpha value is -2.10. The highest BCUT2D eigenvalue weighted by molar-refractivity contribution is 7.98. The van der Waals surface area contributed by atoms with E-state index >= 15 is 0 Å². The van der Waals surface area contributed by atoms with Crippen LogP contribution in [0.1, 0.15) is 21.6 Å². The summed E-state index contributed by atoms with van der Waals surface area (Å²) in [6, 6.07) is 9.21. The van der Waals surface area contributed by atoms with Crippen molar-refractivity contribution in [2.75, 3.05) is 0 Å². The lowest BCUT2D eigenvalue weighted by molar-refractivity contribution is 0.0689. The van der Waals surface area contributed by atoms with Crippen molar-refractivity contribution in [3.63, 3.8) is 0 Å². The van der Waals surface area contributed by atoms with Gasteiger partial charge >= 0.3 is 5.97 Å². The van der Waals surface area contributed by atoms with Gasteiger partial charge in [-0.15, -0.1) is 0 Å². The molecule has 0 aliphatic rings. The molecule has 0 saturated heterocycles. The summed E-state index contributed by atoms with van der Waals surface area (Å²) in [7, 11) is 0. The lowest BCUT2D eigenvalue weighted by atomic mass is 10.2. The van der Waals surface area contributed by atoms with Crippen molar-refractivity contribution in [2.45, 2.75) is 10.9 Å². The highest BCUT2D eigenvalue weighted by Gasteiger charge is 2.12. The number of carbonyl (C=O) groups is 1. The van der Waals surface area contributed by atoms with Crippen LogP contribution in [0.3, 0.4) is 0 Å². The molecule has 1 aromatic carbocycles. The summed E-state index contributed by atoms with van der Waals surface area (Å²) < 4.78 is 0. The van der Waals surface area contributed by atoms with Crippen LogP contribution in [0.25, 0.3) is 0 Å². The van der Waals surface area contributed by atoms with E-state index in [-0.39, 0.29) is 10.7 Å². The molecule has 0 saturated carbocycles. The standard InChI is InChI=1S/C13H8ClN3O2S/c14-10-6-16-13(17-11(10)12(18)19)20-7-9-3-1-2-8(4-9)5-15/h1-4,6H,7H2,(H,18,19). The minimum atomic E-state index is -1.19. The van der Waals surface area contributed by atoms with Crippen LogP contribution in [0.4, 0.5) is 0 Å². The zero-order chi connectivity index (χ0) is 14.5. The molecule has 1 heterocycles. The van der Waals surface area contributed by atoms with Crippen molar-refractivity contribution in [3.8, 4) is 6.07 Å². The predicted molar refractivity (Wildman–Crippen MR) is 74.7 cm³/mol. The van der Waals surface area contributed by atoms with Gasteiger partial charge in [0.1, 0.15) is 0 Å². The van der Waals surface area contributed by atoms with Crippen LogP contribution in [0.15, 0.2) is 35.6 Å². The summed E-state index contributed by atoms with van der Waals surface area (Å²) >= 11 is 6.98. The Morgan fingerprint density at radius 3 is 3.00 bits per heavy atom. The van der Waals surface area contributed by atoms with Gasteiger partial charge in [0.15, 0.2) is 10.9 Å². The molecule has 0 spiro atoms. The quantitative estimate of drug-likeness (QED) is 0.690. The summed E-state index contributed by atoms with van der Waals surface area (Å²) in [4.78, 5) is 18.8. The van der Waals surface area contributed by atoms with Crippen molar-refractivity contribution in [1.82, 2.24) is 9.97 Å². The molecule has 0 radical (unpaired) electrons. The Morgan fingerprint density at radius 2 is 2.30 bits per heavy atom. The number of thioether (sulfide) groups is 1. The minimum absolute atomic E-state index is 0.00771. The lowest BCUT2D eigenvalue weighted by Gasteiger charge is -2.03. The van der Waals surface area contributed by atoms with E-state index in [9.17, 15) is 4.79 Å². The fourth-order valence-corrected chi connectivity index (χ4v) is 2.38. The molecule has 1 aromatic heterocycles. The van der Waals surface area contributed by atoms with Gasteiger partial charge in [0.2, 0.25) is 0 Å². The van der Waals surface area contributed by atoms with Crippen molar-refractivity contribution in [2.24, 2.45) is 0 Å². The molecule has 20 heavy (non-hydrogen) atoms. The summed E-state index contributed by atoms with van der Waals surface area (Å²) in [5.41, 5.74) is 1.30. The minimum Gasteiger partial charge on any atom is -0.476 e. The van der Waals surface area contributed by atoms with Gasteiger partial charge in [-0.25, -0.2) is 14.8 Å². The number of carboxylic acid groups (broad SMARTS) is 1. The summed E-state index contributed by atoms with van der Waals surface area (Å²) in [5, 5.41) is 18.1. The fourth-order valence-electron chi connectivity index (χ4n) is 1.45. The maximum Gasteiger partial charge on any atom is 0.356 e. The molecule has 0 bridgehead atoms. The maximum atomic E-state index is 10.9. The van der Waals surface area contributed by atoms with Gasteiger partial charge in [0.25, 0.3) is 0 Å². The van der Waals surface area contributed by atoms with Crippen molar-refractivity contribution in [3.05, 3.63) is 52.3 Å². The van der Waals surface area contributed by atoms with Crippen molar-refractivity contribution < 1.29 is 9.90 Å². The number of hydrogen-bond acceptors (Lipinski definition) is 5. The van der Waals surface area contributed by atoms with Gasteiger partial charge in [-0.1, -0.05) is 35.5 Å². The Labute approximate surface area is 124 Å². The van der Waals surface area contributed by atoms with Gasteiger partial charge in [0, 0.05) is 5.75 Å². The van der Waals surface area contributed by atoms with E-state index in [4.69, 9.17) is 22.0 Å². The van der Waals surface area contributed by atoms with Crippen LogP contribution in [-0.4, -0.2) is 21.0 Å². The average Bonchev–Trinajstić information content (AvgIpc) is 2.46. The van der Waals surface area contributed by atoms with Gasteiger partial charge in [-0.3, -0.25) is 0 Å². The molecule has 5 nitrogen and oxygen atoms in total. The molecule has 0 aliphatic carbocycles. The SMILES string of the molecule is N#Cc1cccc(CSc2ncc(Cl)c(C(=O)O)n2)c1. The van der Waals surface area contributed by atoms with E-state index < -0.39 is 5.97 Å². The summed E-state index contributed by atoms with van der Waals surface area (Å²) in [6.07, 6.45) is 1.27. The van der Waals surface area contributed by atoms with Gasteiger partial charge < -0.3 is 5.11 Å². The predicted octanol–water partition coefficient (Wildman–Crippen LogP) is 2.99. The zero-order valence-electron chi connectivity index (χ0n) is 10.1. The van der Waals surface area contributed by atoms with E-state index in [2.05, 4.69) is 16.0 Å². The molecule has 7 heteroatoms. The molecule has 0 aliphatic heterocycles. The van der Waals surface area contributed by atoms with E-state index in [0.717, 1.165) is 5.56 Å². The first-order valence-corrected chi connectivity index (χ1v) is 6.84. The zero-order valence-corrected chi connectivity index (χ0v) is 11.6. The van der Waals surface area contributed by atoms with Crippen LogP contribution >= 0.6 is 23.4 Å². The number of nitriles is 1. The lowest BCUT2D eigenvalue weighted by Crippen LogP contribution is -2.03. The monoisotopic (exact) mass is 305 g/mol. The van der Waals surface area contributed by atoms with Gasteiger partial charge in [0.05, 0.1) is 22.9 Å². The molecule has 100 valence electrons. The Bertz CT molecular complexity index is 700. The second-order valence-electron chi connectivity index (χ2n) is 3.76. The average molecular weight is 306 g/mol. The van der Waals surface area contributed by atoms with E-state index in [1.54, 1.807) is 18.2 Å². The van der Waals surface area contributed by atoms with Crippen LogP contribution in [-0.2, 0) is 5.75 Å². The second-order valence-corrected chi connectivity index (χ2v) is 5.10. The number of aromatic nitrogens is 2. The summed E-state index contributed by atoms with van der Waals surface area (Å²) in [6.45, 7) is 0. The number of nitrogens with zero attached hydrogens (tertiary/aromatic N) is 3. The molecule has 0 atom stereocenters. The molecule has 1 N–H and O–H groups in total. The molecule has 0 fully saturated rings. The smallest absolute Gasteiger partial charge is 0.356 e. The third kappa shape index (κ3) is 3.47. The van der Waals surface area contributed by atoms with Gasteiger partial charge in [-0.2, -0.15) is 5.26 Å². The molecule has 0 unspecified atom stereocenters. The number of aromatic carboxylic acids is 1. The van der Waals surface area contributed by atoms with Gasteiger partial charge in [-0.05, 0) is 17.7 Å². The number of carboxylic acids is 1. The van der Waals surface area contributed by atoms with E-state index in [0.29, 0.717) is 16.5 Å². The van der Waals surface area contributed by atoms with Crippen molar-refractivity contribution in [1.29, 1.82) is 5.26 Å². The van der Waals surface area contributed by atoms with Crippen LogP contribution in [0.2, 0.25) is 5.02 Å². The first kappa shape index (κ1) is 14.3. The topological polar surface area (TPSA) is 86.9 Å². The highest BCUT2D eigenvalue weighted by Crippen LogP contribution is 2.22. The molecular formula is C13H8ClN3O2S. The van der Waals surface area contributed by atoms with E-state index in [1.165, 1.54) is 18.0 Å². The Balaban J connectivity index is 2.13. The van der Waals surface area contributed by atoms with Crippen LogP contribution < -0.4 is 0 Å². The Kier molecular flexibility index (Phi) is 4.56. The number of hydrogen-bond donors (Lipinski definition) is 1. The summed E-state index contributed by atoms with van der Waals surface area (Å²) in [5.74, 6) is -0.651. The molecule has 2 rings (SSSR count). The second kappa shape index (κ2) is 6.37. The third-order valence-corrected chi connectivity index (χ3v) is 3.56. The molecule has 2 aromatic rings. The highest BCUT2D eigenvalue weighted by atomic mass is 35.5. The number of benzene rings is 1. The number of halogens is 1. The molecule has 0 amide bonds. The maximum absolute atomic E-state index is 10.9. The third-order valence-electron chi connectivity index (χ3n) is 2.35. The largest absolute Gasteiger partial charge is 0.476 e. The van der Waals surface area contributed by atoms with E-state index in [1.807, 2.05) is 6.07 Å². The Morgan fingerprint density at radius 1 is 1.50 bits per heavy atom. The van der Waals surface area contributed by atoms with Crippen molar-refractivity contribution >= 4 is 29.3 Å². The van der Waals surface area contributed by atoms with Crippen LogP contribution in [0.5, 0.6) is 0 Å². The molecular weight excluding hydrogens is 298 g/mol. The number of rotatable bonds is 4. The first-order chi connectivity index (χ1) is 9.60.